The quantitative estimate of drug-likeness (QED) is 0.827. The minimum absolute atomic E-state index is 0.617. The highest BCUT2D eigenvalue weighted by Gasteiger charge is 2.20. The summed E-state index contributed by atoms with van der Waals surface area (Å²) < 4.78 is 0. The number of hydrogen-bond donors (Lipinski definition) is 1. The molecule has 0 aliphatic heterocycles. The standard InChI is InChI=1S/C15H22N2S/c1-17(10-9-15(16)18)11-13-7-4-6-12-5-2-3-8-14(12)13/h2-3,5,8,13H,4,6-7,9-11H2,1H3,(H2,16,18). The van der Waals surface area contributed by atoms with E-state index in [-0.39, 0.29) is 0 Å². The molecule has 1 aromatic carbocycles. The molecule has 0 amide bonds. The monoisotopic (exact) mass is 262 g/mol. The fourth-order valence-electron chi connectivity index (χ4n) is 2.81. The van der Waals surface area contributed by atoms with Crippen LogP contribution < -0.4 is 5.73 Å². The Morgan fingerprint density at radius 1 is 1.44 bits per heavy atom. The van der Waals surface area contributed by atoms with Crippen molar-refractivity contribution in [3.63, 3.8) is 0 Å². The van der Waals surface area contributed by atoms with E-state index in [0.717, 1.165) is 19.5 Å². The Labute approximate surface area is 115 Å². The fraction of sp³-hybridized carbons (Fsp3) is 0.533. The van der Waals surface area contributed by atoms with Gasteiger partial charge in [-0.2, -0.15) is 0 Å². The molecule has 1 aliphatic rings. The third kappa shape index (κ3) is 3.53. The van der Waals surface area contributed by atoms with Crippen LogP contribution in [0, 0.1) is 0 Å². The van der Waals surface area contributed by atoms with Gasteiger partial charge in [0.05, 0.1) is 4.99 Å². The normalized spacial score (nSPS) is 18.7. The highest BCUT2D eigenvalue weighted by atomic mass is 32.1. The first kappa shape index (κ1) is 13.5. The van der Waals surface area contributed by atoms with E-state index in [2.05, 4.69) is 36.2 Å². The van der Waals surface area contributed by atoms with E-state index in [9.17, 15) is 0 Å². The van der Waals surface area contributed by atoms with Crippen molar-refractivity contribution in [2.45, 2.75) is 31.6 Å². The van der Waals surface area contributed by atoms with Crippen molar-refractivity contribution in [1.82, 2.24) is 4.90 Å². The summed E-state index contributed by atoms with van der Waals surface area (Å²) in [6.07, 6.45) is 4.67. The molecular weight excluding hydrogens is 240 g/mol. The van der Waals surface area contributed by atoms with Crippen LogP contribution in [0.15, 0.2) is 24.3 Å². The van der Waals surface area contributed by atoms with Crippen LogP contribution in [0.1, 0.15) is 36.3 Å². The first-order valence-electron chi connectivity index (χ1n) is 6.71. The Kier molecular flexibility index (Phi) is 4.72. The highest BCUT2D eigenvalue weighted by molar-refractivity contribution is 7.80. The van der Waals surface area contributed by atoms with Gasteiger partial charge in [-0.15, -0.1) is 0 Å². The van der Waals surface area contributed by atoms with E-state index >= 15 is 0 Å². The lowest BCUT2D eigenvalue weighted by Crippen LogP contribution is -2.29. The summed E-state index contributed by atoms with van der Waals surface area (Å²) in [5, 5.41) is 0. The number of nitrogens with zero attached hydrogens (tertiary/aromatic N) is 1. The summed E-state index contributed by atoms with van der Waals surface area (Å²) >= 11 is 4.93. The van der Waals surface area contributed by atoms with Gasteiger partial charge in [0.2, 0.25) is 0 Å². The Morgan fingerprint density at radius 2 is 2.22 bits per heavy atom. The molecule has 0 heterocycles. The summed E-state index contributed by atoms with van der Waals surface area (Å²) in [6.45, 7) is 2.08. The molecule has 0 aromatic heterocycles. The Balaban J connectivity index is 1.96. The number of nitrogens with two attached hydrogens (primary N) is 1. The highest BCUT2D eigenvalue weighted by Crippen LogP contribution is 2.31. The first-order chi connectivity index (χ1) is 8.66. The Morgan fingerprint density at radius 3 is 3.00 bits per heavy atom. The predicted octanol–water partition coefficient (Wildman–Crippen LogP) is 2.71. The summed E-state index contributed by atoms with van der Waals surface area (Å²) in [4.78, 5) is 2.97. The van der Waals surface area contributed by atoms with Gasteiger partial charge in [0.15, 0.2) is 0 Å². The number of aryl methyl sites for hydroxylation is 1. The van der Waals surface area contributed by atoms with E-state index in [0.29, 0.717) is 10.9 Å². The van der Waals surface area contributed by atoms with Crippen molar-refractivity contribution in [3.05, 3.63) is 35.4 Å². The van der Waals surface area contributed by atoms with Gasteiger partial charge in [-0.1, -0.05) is 36.5 Å². The summed E-state index contributed by atoms with van der Waals surface area (Å²) in [5.74, 6) is 0.672. The van der Waals surface area contributed by atoms with Crippen LogP contribution in [0.2, 0.25) is 0 Å². The number of fused-ring (bicyclic) bond motifs is 1. The molecule has 2 nitrogen and oxygen atoms in total. The Bertz CT molecular complexity index is 417. The number of likely N-dealkylation sites (N-methyl/N-ethyl adjacent to an activating group) is 1. The van der Waals surface area contributed by atoms with Crippen molar-refractivity contribution < 1.29 is 0 Å². The van der Waals surface area contributed by atoms with Crippen molar-refractivity contribution in [2.24, 2.45) is 5.73 Å². The smallest absolute Gasteiger partial charge is 0.0740 e. The molecule has 0 fully saturated rings. The molecule has 2 N–H and O–H groups in total. The maximum absolute atomic E-state index is 5.56. The fourth-order valence-corrected chi connectivity index (χ4v) is 2.90. The van der Waals surface area contributed by atoms with Crippen molar-refractivity contribution >= 4 is 17.2 Å². The number of benzene rings is 1. The van der Waals surface area contributed by atoms with Gasteiger partial charge in [-0.25, -0.2) is 0 Å². The molecule has 1 unspecified atom stereocenters. The average Bonchev–Trinajstić information content (AvgIpc) is 2.37. The molecule has 0 saturated heterocycles. The molecular formula is C15H22N2S. The maximum Gasteiger partial charge on any atom is 0.0740 e. The summed E-state index contributed by atoms with van der Waals surface area (Å²) in [5.41, 5.74) is 8.64. The topological polar surface area (TPSA) is 29.3 Å². The van der Waals surface area contributed by atoms with E-state index in [1.165, 1.54) is 24.8 Å². The molecule has 0 saturated carbocycles. The van der Waals surface area contributed by atoms with Crippen LogP contribution in [0.5, 0.6) is 0 Å². The summed E-state index contributed by atoms with van der Waals surface area (Å²) in [6, 6.07) is 8.88. The lowest BCUT2D eigenvalue weighted by atomic mass is 9.82. The van der Waals surface area contributed by atoms with Crippen LogP contribution in [-0.4, -0.2) is 30.0 Å². The molecule has 2 rings (SSSR count). The van der Waals surface area contributed by atoms with Crippen LogP contribution >= 0.6 is 12.2 Å². The lowest BCUT2D eigenvalue weighted by molar-refractivity contribution is 0.305. The van der Waals surface area contributed by atoms with E-state index in [1.54, 1.807) is 5.56 Å². The minimum atomic E-state index is 0.617. The first-order valence-corrected chi connectivity index (χ1v) is 7.12. The van der Waals surface area contributed by atoms with Crippen LogP contribution in [0.4, 0.5) is 0 Å². The molecule has 1 aromatic rings. The van der Waals surface area contributed by atoms with E-state index in [4.69, 9.17) is 18.0 Å². The molecule has 0 radical (unpaired) electrons. The van der Waals surface area contributed by atoms with Gasteiger partial charge in [0.1, 0.15) is 0 Å². The molecule has 98 valence electrons. The molecule has 0 spiro atoms. The molecule has 18 heavy (non-hydrogen) atoms. The number of hydrogen-bond acceptors (Lipinski definition) is 2. The molecule has 1 atom stereocenters. The van der Waals surface area contributed by atoms with Gasteiger partial charge in [-0.3, -0.25) is 0 Å². The van der Waals surface area contributed by atoms with Crippen LogP contribution in [0.3, 0.4) is 0 Å². The SMILES string of the molecule is CN(CCC(N)=S)CC1CCCc2ccccc21. The number of rotatable bonds is 5. The predicted molar refractivity (Wildman–Crippen MR) is 81.0 cm³/mol. The lowest BCUT2D eigenvalue weighted by Gasteiger charge is -2.29. The van der Waals surface area contributed by atoms with Gasteiger partial charge in [0, 0.05) is 19.5 Å². The zero-order valence-corrected chi connectivity index (χ0v) is 11.9. The van der Waals surface area contributed by atoms with Gasteiger partial charge in [-0.05, 0) is 43.4 Å². The van der Waals surface area contributed by atoms with Crippen LogP contribution in [0.25, 0.3) is 0 Å². The third-order valence-electron chi connectivity index (χ3n) is 3.77. The van der Waals surface area contributed by atoms with Crippen molar-refractivity contribution in [1.29, 1.82) is 0 Å². The zero-order chi connectivity index (χ0) is 13.0. The maximum atomic E-state index is 5.56. The largest absolute Gasteiger partial charge is 0.393 e. The average molecular weight is 262 g/mol. The van der Waals surface area contributed by atoms with Gasteiger partial charge < -0.3 is 10.6 Å². The molecule has 3 heteroatoms. The third-order valence-corrected chi connectivity index (χ3v) is 3.97. The second-order valence-electron chi connectivity index (χ2n) is 5.27. The van der Waals surface area contributed by atoms with Gasteiger partial charge in [0.25, 0.3) is 0 Å². The minimum Gasteiger partial charge on any atom is -0.393 e. The van der Waals surface area contributed by atoms with Crippen molar-refractivity contribution in [2.75, 3.05) is 20.1 Å². The van der Waals surface area contributed by atoms with E-state index in [1.807, 2.05) is 0 Å². The van der Waals surface area contributed by atoms with Gasteiger partial charge >= 0.3 is 0 Å². The number of thiocarbonyl (C=S) groups is 1. The Hall–Kier alpha value is -0.930. The molecule has 0 bridgehead atoms. The van der Waals surface area contributed by atoms with E-state index < -0.39 is 0 Å². The van der Waals surface area contributed by atoms with Crippen molar-refractivity contribution in [3.8, 4) is 0 Å². The molecule has 1 aliphatic carbocycles. The second kappa shape index (κ2) is 6.30. The summed E-state index contributed by atoms with van der Waals surface area (Å²) in [7, 11) is 2.16. The zero-order valence-electron chi connectivity index (χ0n) is 11.1. The second-order valence-corrected chi connectivity index (χ2v) is 5.79. The van der Waals surface area contributed by atoms with Crippen LogP contribution in [-0.2, 0) is 6.42 Å².